The van der Waals surface area contributed by atoms with E-state index in [1.165, 1.54) is 11.6 Å². The molecule has 0 amide bonds. The van der Waals surface area contributed by atoms with Crippen molar-refractivity contribution in [1.29, 1.82) is 0 Å². The van der Waals surface area contributed by atoms with E-state index in [0.29, 0.717) is 11.3 Å². The van der Waals surface area contributed by atoms with Crippen molar-refractivity contribution in [1.82, 2.24) is 0 Å². The molecule has 0 atom stereocenters. The Morgan fingerprint density at radius 1 is 1.22 bits per heavy atom. The van der Waals surface area contributed by atoms with E-state index in [2.05, 4.69) is 30.8 Å². The SMILES string of the molecule is C#C/C=C\C(C)=C(/C)c1ccc(C(=C)Nc2ccccc2CCC)cc1F. The lowest BCUT2D eigenvalue weighted by Gasteiger charge is -2.15. The molecule has 2 rings (SSSR count). The highest BCUT2D eigenvalue weighted by molar-refractivity contribution is 5.78. The average Bonchev–Trinajstić information content (AvgIpc) is 2.67. The van der Waals surface area contributed by atoms with Crippen LogP contribution >= 0.6 is 0 Å². The monoisotopic (exact) mass is 359 g/mol. The first-order chi connectivity index (χ1) is 13.0. The number of rotatable bonds is 7. The van der Waals surface area contributed by atoms with Crippen LogP contribution in [0.4, 0.5) is 10.1 Å². The second-order valence-corrected chi connectivity index (χ2v) is 6.51. The van der Waals surface area contributed by atoms with E-state index >= 15 is 0 Å². The zero-order valence-corrected chi connectivity index (χ0v) is 16.3. The molecular formula is C25H26FN. The highest BCUT2D eigenvalue weighted by Gasteiger charge is 2.10. The molecule has 0 heterocycles. The molecule has 0 radical (unpaired) electrons. The van der Waals surface area contributed by atoms with E-state index in [4.69, 9.17) is 6.42 Å². The molecule has 0 aliphatic rings. The molecule has 0 aliphatic heterocycles. The third kappa shape index (κ3) is 5.21. The molecule has 0 aliphatic carbocycles. The van der Waals surface area contributed by atoms with Gasteiger partial charge in [-0.15, -0.1) is 6.42 Å². The summed E-state index contributed by atoms with van der Waals surface area (Å²) in [6, 6.07) is 13.3. The van der Waals surface area contributed by atoms with Crippen LogP contribution in [-0.4, -0.2) is 0 Å². The van der Waals surface area contributed by atoms with Crippen LogP contribution < -0.4 is 5.32 Å². The second-order valence-electron chi connectivity index (χ2n) is 6.51. The minimum absolute atomic E-state index is 0.275. The van der Waals surface area contributed by atoms with Crippen molar-refractivity contribution < 1.29 is 4.39 Å². The average molecular weight is 359 g/mol. The first-order valence-corrected chi connectivity index (χ1v) is 9.12. The van der Waals surface area contributed by atoms with Gasteiger partial charge in [0.15, 0.2) is 0 Å². The molecule has 1 N–H and O–H groups in total. The molecule has 0 fully saturated rings. The fourth-order valence-corrected chi connectivity index (χ4v) is 2.88. The molecule has 0 spiro atoms. The van der Waals surface area contributed by atoms with E-state index in [1.807, 2.05) is 44.2 Å². The summed E-state index contributed by atoms with van der Waals surface area (Å²) in [6.07, 6.45) is 10.7. The molecule has 0 unspecified atom stereocenters. The van der Waals surface area contributed by atoms with Crippen LogP contribution in [0.5, 0.6) is 0 Å². The summed E-state index contributed by atoms with van der Waals surface area (Å²) in [5, 5.41) is 3.33. The van der Waals surface area contributed by atoms with Crippen molar-refractivity contribution in [3.05, 3.63) is 89.3 Å². The van der Waals surface area contributed by atoms with Gasteiger partial charge in [0, 0.05) is 22.5 Å². The Labute approximate surface area is 162 Å². The molecule has 138 valence electrons. The molecule has 0 saturated carbocycles. The van der Waals surface area contributed by atoms with Crippen LogP contribution in [0.15, 0.2) is 66.8 Å². The maximum atomic E-state index is 14.7. The van der Waals surface area contributed by atoms with Crippen LogP contribution in [0.3, 0.4) is 0 Å². The number of anilines is 1. The number of halogens is 1. The third-order valence-electron chi connectivity index (χ3n) is 4.56. The van der Waals surface area contributed by atoms with Crippen LogP contribution in [-0.2, 0) is 6.42 Å². The third-order valence-corrected chi connectivity index (χ3v) is 4.56. The number of hydrogen-bond donors (Lipinski definition) is 1. The van der Waals surface area contributed by atoms with Crippen LogP contribution in [0, 0.1) is 18.2 Å². The smallest absolute Gasteiger partial charge is 0.131 e. The summed E-state index contributed by atoms with van der Waals surface area (Å²) in [5.74, 6) is 2.18. The lowest BCUT2D eigenvalue weighted by atomic mass is 9.99. The number of aryl methyl sites for hydroxylation is 1. The first-order valence-electron chi connectivity index (χ1n) is 9.12. The van der Waals surface area contributed by atoms with Gasteiger partial charge in [-0.2, -0.15) is 0 Å². The van der Waals surface area contributed by atoms with Gasteiger partial charge in [0.05, 0.1) is 0 Å². The lowest BCUT2D eigenvalue weighted by Crippen LogP contribution is -2.02. The summed E-state index contributed by atoms with van der Waals surface area (Å²) >= 11 is 0. The molecule has 2 aromatic rings. The number of hydrogen-bond acceptors (Lipinski definition) is 1. The van der Waals surface area contributed by atoms with E-state index in [1.54, 1.807) is 12.1 Å². The van der Waals surface area contributed by atoms with Crippen molar-refractivity contribution in [2.75, 3.05) is 5.32 Å². The van der Waals surface area contributed by atoms with Crippen LogP contribution in [0.25, 0.3) is 11.3 Å². The van der Waals surface area contributed by atoms with Crippen molar-refractivity contribution in [2.24, 2.45) is 0 Å². The van der Waals surface area contributed by atoms with Crippen LogP contribution in [0.1, 0.15) is 43.9 Å². The van der Waals surface area contributed by atoms with Crippen molar-refractivity contribution >= 4 is 17.0 Å². The minimum Gasteiger partial charge on any atom is -0.355 e. The Morgan fingerprint density at radius 2 is 1.96 bits per heavy atom. The summed E-state index contributed by atoms with van der Waals surface area (Å²) in [5.41, 5.74) is 6.01. The number of allylic oxidation sites excluding steroid dienone is 4. The fourth-order valence-electron chi connectivity index (χ4n) is 2.88. The molecule has 1 nitrogen and oxygen atoms in total. The van der Waals surface area contributed by atoms with E-state index in [9.17, 15) is 4.39 Å². The van der Waals surface area contributed by atoms with Gasteiger partial charge in [0.1, 0.15) is 5.82 Å². The molecular weight excluding hydrogens is 333 g/mol. The van der Waals surface area contributed by atoms with Crippen molar-refractivity contribution in [2.45, 2.75) is 33.6 Å². The zero-order chi connectivity index (χ0) is 19.8. The van der Waals surface area contributed by atoms with Gasteiger partial charge in [-0.25, -0.2) is 4.39 Å². The zero-order valence-electron chi connectivity index (χ0n) is 16.3. The summed E-state index contributed by atoms with van der Waals surface area (Å²) < 4.78 is 14.7. The van der Waals surface area contributed by atoms with Gasteiger partial charge >= 0.3 is 0 Å². The van der Waals surface area contributed by atoms with Gasteiger partial charge in [-0.1, -0.05) is 62.3 Å². The van der Waals surface area contributed by atoms with Crippen molar-refractivity contribution in [3.8, 4) is 12.3 Å². The number of terminal acetylenes is 1. The van der Waals surface area contributed by atoms with Gasteiger partial charge in [-0.05, 0) is 55.2 Å². The minimum atomic E-state index is -0.275. The standard InChI is InChI=1S/C25H26FN/c1-6-8-12-18(3)19(4)23-16-15-22(17-24(23)26)20(5)27-25-14-10-9-13-21(25)11-7-2/h1,8-10,12-17,27H,5,7,11H2,2-4H3/b12-8-,19-18+. The predicted molar refractivity (Wildman–Crippen MR) is 116 cm³/mol. The Morgan fingerprint density at radius 3 is 2.63 bits per heavy atom. The maximum Gasteiger partial charge on any atom is 0.131 e. The fraction of sp³-hybridized carbons (Fsp3) is 0.200. The number of benzene rings is 2. The summed E-state index contributed by atoms with van der Waals surface area (Å²) in [7, 11) is 0. The Bertz CT molecular complexity index is 926. The quantitative estimate of drug-likeness (QED) is 0.421. The van der Waals surface area contributed by atoms with E-state index in [0.717, 1.165) is 35.2 Å². The van der Waals surface area contributed by atoms with Gasteiger partial charge in [-0.3, -0.25) is 0 Å². The largest absolute Gasteiger partial charge is 0.355 e. The number of nitrogens with one attached hydrogen (secondary N) is 1. The highest BCUT2D eigenvalue weighted by atomic mass is 19.1. The molecule has 27 heavy (non-hydrogen) atoms. The maximum absolute atomic E-state index is 14.7. The Balaban J connectivity index is 2.26. The molecule has 0 aromatic heterocycles. The highest BCUT2D eigenvalue weighted by Crippen LogP contribution is 2.27. The summed E-state index contributed by atoms with van der Waals surface area (Å²) in [6.45, 7) is 10.0. The molecule has 0 saturated heterocycles. The van der Waals surface area contributed by atoms with E-state index in [-0.39, 0.29) is 5.82 Å². The molecule has 0 bridgehead atoms. The van der Waals surface area contributed by atoms with Gasteiger partial charge in [0.2, 0.25) is 0 Å². The molecule has 2 heteroatoms. The lowest BCUT2D eigenvalue weighted by molar-refractivity contribution is 0.623. The topological polar surface area (TPSA) is 12.0 Å². The van der Waals surface area contributed by atoms with E-state index < -0.39 is 0 Å². The van der Waals surface area contributed by atoms with Crippen LogP contribution in [0.2, 0.25) is 0 Å². The Hall–Kier alpha value is -3.05. The Kier molecular flexibility index (Phi) is 7.20. The van der Waals surface area contributed by atoms with Gasteiger partial charge < -0.3 is 5.32 Å². The molecule has 2 aromatic carbocycles. The van der Waals surface area contributed by atoms with Crippen molar-refractivity contribution in [3.63, 3.8) is 0 Å². The number of para-hydroxylation sites is 1. The summed E-state index contributed by atoms with van der Waals surface area (Å²) in [4.78, 5) is 0. The second kappa shape index (κ2) is 9.59. The normalized spacial score (nSPS) is 11.8. The van der Waals surface area contributed by atoms with Gasteiger partial charge in [0.25, 0.3) is 0 Å². The predicted octanol–water partition coefficient (Wildman–Crippen LogP) is 6.84. The first kappa shape index (κ1) is 20.3.